The van der Waals surface area contributed by atoms with Gasteiger partial charge in [0.25, 0.3) is 0 Å². The first-order valence-electron chi connectivity index (χ1n) is 8.96. The number of ether oxygens (including phenoxy) is 3. The molecule has 0 fully saturated rings. The van der Waals surface area contributed by atoms with E-state index in [1.807, 2.05) is 19.9 Å². The highest BCUT2D eigenvalue weighted by Gasteiger charge is 2.35. The van der Waals surface area contributed by atoms with E-state index >= 15 is 0 Å². The number of rotatable bonds is 5. The third-order valence-corrected chi connectivity index (χ3v) is 4.80. The molecule has 0 saturated heterocycles. The summed E-state index contributed by atoms with van der Waals surface area (Å²) in [5.74, 6) is 0.0966. The zero-order valence-corrected chi connectivity index (χ0v) is 16.4. The molecule has 0 amide bonds. The van der Waals surface area contributed by atoms with Crippen LogP contribution < -0.4 is 14.2 Å². The number of hydrogen-bond acceptors (Lipinski definition) is 6. The summed E-state index contributed by atoms with van der Waals surface area (Å²) >= 11 is 0. The topological polar surface area (TPSA) is 85.2 Å². The van der Waals surface area contributed by atoms with Crippen LogP contribution in [0.4, 0.5) is 0 Å². The van der Waals surface area contributed by atoms with Gasteiger partial charge in [0.2, 0.25) is 0 Å². The summed E-state index contributed by atoms with van der Waals surface area (Å²) in [7, 11) is 2.96. The molecule has 0 unspecified atom stereocenters. The number of ketones is 1. The highest BCUT2D eigenvalue weighted by molar-refractivity contribution is 6.07. The lowest BCUT2D eigenvalue weighted by molar-refractivity contribution is 0.0889. The highest BCUT2D eigenvalue weighted by Crippen LogP contribution is 2.43. The third-order valence-electron chi connectivity index (χ3n) is 4.80. The van der Waals surface area contributed by atoms with E-state index in [1.165, 1.54) is 26.4 Å². The van der Waals surface area contributed by atoms with Gasteiger partial charge < -0.3 is 24.4 Å². The van der Waals surface area contributed by atoms with Crippen LogP contribution in [0, 0.1) is 0 Å². The zero-order chi connectivity index (χ0) is 20.4. The molecule has 2 aromatic carbocycles. The van der Waals surface area contributed by atoms with Crippen molar-refractivity contribution in [1.82, 2.24) is 0 Å². The Balaban J connectivity index is 2.05. The summed E-state index contributed by atoms with van der Waals surface area (Å²) in [5, 5.41) is 20.6. The number of carbonyl (C=O) groups excluding carboxylic acids is 1. The minimum atomic E-state index is -0.659. The van der Waals surface area contributed by atoms with Gasteiger partial charge in [0, 0.05) is 23.8 Å². The number of benzene rings is 2. The summed E-state index contributed by atoms with van der Waals surface area (Å²) in [6, 6.07) is 6.25. The molecule has 6 nitrogen and oxygen atoms in total. The van der Waals surface area contributed by atoms with Gasteiger partial charge in [-0.25, -0.2) is 0 Å². The predicted octanol–water partition coefficient (Wildman–Crippen LogP) is 3.98. The van der Waals surface area contributed by atoms with E-state index in [0.717, 1.165) is 5.57 Å². The predicted molar refractivity (Wildman–Crippen MR) is 105 cm³/mol. The molecular weight excluding hydrogens is 360 g/mol. The molecule has 1 aliphatic heterocycles. The first-order chi connectivity index (χ1) is 13.3. The van der Waals surface area contributed by atoms with Gasteiger partial charge in [0.15, 0.2) is 5.78 Å². The second-order valence-corrected chi connectivity index (χ2v) is 6.96. The van der Waals surface area contributed by atoms with E-state index < -0.39 is 5.92 Å². The second kappa shape index (κ2) is 7.84. The summed E-state index contributed by atoms with van der Waals surface area (Å²) in [6.07, 6.45) is 2.53. The molecule has 0 saturated carbocycles. The fourth-order valence-electron chi connectivity index (χ4n) is 3.27. The number of methoxy groups -OCH3 is 2. The van der Waals surface area contributed by atoms with Gasteiger partial charge in [-0.2, -0.15) is 0 Å². The Hall–Kier alpha value is -3.15. The van der Waals surface area contributed by atoms with Gasteiger partial charge in [0.1, 0.15) is 40.9 Å². The first kappa shape index (κ1) is 19.6. The number of carbonyl (C=O) groups is 1. The average molecular weight is 384 g/mol. The molecule has 1 atom stereocenters. The molecule has 1 heterocycles. The molecule has 0 aliphatic carbocycles. The fourth-order valence-corrected chi connectivity index (χ4v) is 3.27. The van der Waals surface area contributed by atoms with Crippen LogP contribution in [0.25, 0.3) is 0 Å². The van der Waals surface area contributed by atoms with Crippen LogP contribution in [-0.2, 0) is 6.42 Å². The maximum atomic E-state index is 13.2. The fraction of sp³-hybridized carbons (Fsp3) is 0.318. The lowest BCUT2D eigenvalue weighted by Gasteiger charge is -2.27. The van der Waals surface area contributed by atoms with Crippen molar-refractivity contribution in [2.45, 2.75) is 26.2 Å². The highest BCUT2D eigenvalue weighted by atomic mass is 16.5. The van der Waals surface area contributed by atoms with Crippen molar-refractivity contribution in [3.8, 4) is 28.7 Å². The van der Waals surface area contributed by atoms with Crippen LogP contribution >= 0.6 is 0 Å². The summed E-state index contributed by atoms with van der Waals surface area (Å²) in [6.45, 7) is 4.06. The monoisotopic (exact) mass is 384 g/mol. The minimum Gasteiger partial charge on any atom is -0.508 e. The number of aromatic hydroxyl groups is 2. The Morgan fingerprint density at radius 3 is 2.54 bits per heavy atom. The van der Waals surface area contributed by atoms with Crippen LogP contribution in [0.5, 0.6) is 28.7 Å². The minimum absolute atomic E-state index is 0.0989. The van der Waals surface area contributed by atoms with Gasteiger partial charge in [-0.3, -0.25) is 4.79 Å². The number of Topliss-reactive ketones (excluding diaryl/α,β-unsaturated/α-hetero) is 1. The number of allylic oxidation sites excluding steroid dienone is 2. The van der Waals surface area contributed by atoms with Gasteiger partial charge in [-0.05, 0) is 31.9 Å². The van der Waals surface area contributed by atoms with Crippen molar-refractivity contribution < 1.29 is 29.2 Å². The van der Waals surface area contributed by atoms with Gasteiger partial charge in [-0.15, -0.1) is 0 Å². The van der Waals surface area contributed by atoms with Crippen LogP contribution in [0.1, 0.15) is 41.3 Å². The number of phenols is 2. The molecule has 2 N–H and O–H groups in total. The van der Waals surface area contributed by atoms with E-state index in [0.29, 0.717) is 34.8 Å². The Morgan fingerprint density at radius 2 is 1.89 bits per heavy atom. The van der Waals surface area contributed by atoms with Crippen molar-refractivity contribution >= 4 is 5.78 Å². The van der Waals surface area contributed by atoms with Gasteiger partial charge in [-0.1, -0.05) is 11.6 Å². The molecule has 2 aromatic rings. The molecule has 1 aliphatic rings. The van der Waals surface area contributed by atoms with E-state index in [-0.39, 0.29) is 29.5 Å². The molecule has 3 rings (SSSR count). The summed E-state index contributed by atoms with van der Waals surface area (Å²) in [5.41, 5.74) is 2.55. The first-order valence-corrected chi connectivity index (χ1v) is 8.96. The maximum absolute atomic E-state index is 13.2. The molecule has 148 valence electrons. The summed E-state index contributed by atoms with van der Waals surface area (Å²) < 4.78 is 16.3. The van der Waals surface area contributed by atoms with Gasteiger partial charge in [0.05, 0.1) is 20.1 Å². The normalized spacial score (nSPS) is 15.4. The molecule has 0 aromatic heterocycles. The lowest BCUT2D eigenvalue weighted by Crippen LogP contribution is -2.26. The van der Waals surface area contributed by atoms with Crippen molar-refractivity contribution in [1.29, 1.82) is 0 Å². The standard InChI is InChI=1S/C22H24O6/c1-12(2)5-6-13-7-15(19(27-4)10-17(13)23)16-11-28-20-9-14(26-3)8-18(24)21(20)22(16)25/h5,7-10,16,23-24H,6,11H2,1-4H3/t16-/m0/s1. The molecular formula is C22H24O6. The lowest BCUT2D eigenvalue weighted by atomic mass is 9.86. The van der Waals surface area contributed by atoms with Gasteiger partial charge >= 0.3 is 0 Å². The smallest absolute Gasteiger partial charge is 0.181 e. The molecule has 0 bridgehead atoms. The Morgan fingerprint density at radius 1 is 1.14 bits per heavy atom. The number of phenolic OH excluding ortho intramolecular Hbond substituents is 2. The largest absolute Gasteiger partial charge is 0.508 e. The van der Waals surface area contributed by atoms with Crippen molar-refractivity contribution in [3.05, 3.63) is 52.6 Å². The second-order valence-electron chi connectivity index (χ2n) is 6.96. The Kier molecular flexibility index (Phi) is 5.49. The van der Waals surface area contributed by atoms with E-state index in [9.17, 15) is 15.0 Å². The zero-order valence-electron chi connectivity index (χ0n) is 16.4. The Labute approximate surface area is 164 Å². The van der Waals surface area contributed by atoms with Crippen LogP contribution in [0.3, 0.4) is 0 Å². The van der Waals surface area contributed by atoms with Crippen molar-refractivity contribution in [2.24, 2.45) is 0 Å². The van der Waals surface area contributed by atoms with E-state index in [2.05, 4.69) is 0 Å². The van der Waals surface area contributed by atoms with E-state index in [4.69, 9.17) is 14.2 Å². The third kappa shape index (κ3) is 3.63. The molecule has 6 heteroatoms. The number of fused-ring (bicyclic) bond motifs is 1. The van der Waals surface area contributed by atoms with E-state index in [1.54, 1.807) is 12.1 Å². The van der Waals surface area contributed by atoms with Crippen molar-refractivity contribution in [3.63, 3.8) is 0 Å². The Bertz CT molecular complexity index is 941. The van der Waals surface area contributed by atoms with Crippen LogP contribution in [0.2, 0.25) is 0 Å². The molecule has 28 heavy (non-hydrogen) atoms. The van der Waals surface area contributed by atoms with Crippen LogP contribution in [0.15, 0.2) is 35.9 Å². The SMILES string of the molecule is COc1cc(O)c2c(c1)OC[C@@H](c1cc(CC=C(C)C)c(O)cc1OC)C2=O. The molecule has 0 radical (unpaired) electrons. The maximum Gasteiger partial charge on any atom is 0.181 e. The van der Waals surface area contributed by atoms with Crippen molar-refractivity contribution in [2.75, 3.05) is 20.8 Å². The number of hydrogen-bond donors (Lipinski definition) is 2. The average Bonchev–Trinajstić information content (AvgIpc) is 2.66. The summed E-state index contributed by atoms with van der Waals surface area (Å²) in [4.78, 5) is 13.2. The quantitative estimate of drug-likeness (QED) is 0.759. The van der Waals surface area contributed by atoms with Crippen LogP contribution in [-0.4, -0.2) is 36.8 Å². The molecule has 0 spiro atoms.